The Kier molecular flexibility index (Phi) is 13.4. The maximum atomic E-state index is 13.0. The third kappa shape index (κ3) is 10.9. The summed E-state index contributed by atoms with van der Waals surface area (Å²) in [4.78, 5) is 52.3. The molecule has 0 aromatic rings. The molecule has 1 aliphatic rings. The molecule has 3 amide bonds. The number of hydrogen-bond acceptors (Lipinski definition) is 6. The summed E-state index contributed by atoms with van der Waals surface area (Å²) in [5.41, 5.74) is 2.83. The monoisotopic (exact) mass is 554 g/mol. The zero-order chi connectivity index (χ0) is 26.8. The highest BCUT2D eigenvalue weighted by Crippen LogP contribution is 2.26. The second-order valence-electron chi connectivity index (χ2n) is 8.99. The van der Waals surface area contributed by atoms with Gasteiger partial charge in [-0.3, -0.25) is 24.2 Å². The van der Waals surface area contributed by atoms with E-state index in [9.17, 15) is 19.2 Å². The van der Waals surface area contributed by atoms with E-state index < -0.39 is 46.3 Å². The number of alkyl halides is 3. The molecule has 12 heteroatoms. The molecule has 9 nitrogen and oxygen atoms in total. The van der Waals surface area contributed by atoms with Gasteiger partial charge in [0.15, 0.2) is 0 Å². The van der Waals surface area contributed by atoms with Gasteiger partial charge in [-0.15, -0.1) is 6.58 Å². The summed E-state index contributed by atoms with van der Waals surface area (Å²) < 4.78 is 3.27. The molecule has 0 saturated carbocycles. The van der Waals surface area contributed by atoms with Crippen LogP contribution in [0.5, 0.6) is 0 Å². The minimum atomic E-state index is -1.73. The Labute approximate surface area is 222 Å². The summed E-state index contributed by atoms with van der Waals surface area (Å²) in [6.45, 7) is 8.86. The molecule has 1 heterocycles. The molecular weight excluding hydrogens is 519 g/mol. The van der Waals surface area contributed by atoms with Gasteiger partial charge in [-0.1, -0.05) is 54.7 Å². The van der Waals surface area contributed by atoms with Gasteiger partial charge in [-0.2, -0.15) is 0 Å². The van der Waals surface area contributed by atoms with Crippen molar-refractivity contribution < 1.29 is 23.9 Å². The molecule has 0 aliphatic carbocycles. The molecule has 1 rings (SSSR count). The number of unbranched alkanes of at least 4 members (excludes halogenated alkanes) is 2. The Hall–Kier alpha value is -1.55. The van der Waals surface area contributed by atoms with Crippen LogP contribution >= 0.6 is 34.8 Å². The highest BCUT2D eigenvalue weighted by molar-refractivity contribution is 6.67. The lowest BCUT2D eigenvalue weighted by molar-refractivity contribution is -0.153. The maximum absolute atomic E-state index is 13.0. The molecule has 1 fully saturated rings. The molecule has 0 bridgehead atoms. The molecule has 0 radical (unpaired) electrons. The zero-order valence-electron chi connectivity index (χ0n) is 20.8. The Morgan fingerprint density at radius 1 is 1.23 bits per heavy atom. The van der Waals surface area contributed by atoms with E-state index in [4.69, 9.17) is 39.5 Å². The van der Waals surface area contributed by atoms with Gasteiger partial charge >= 0.3 is 5.97 Å². The number of esters is 1. The van der Waals surface area contributed by atoms with Crippen LogP contribution < -0.4 is 10.7 Å². The van der Waals surface area contributed by atoms with Crippen molar-refractivity contribution in [2.75, 3.05) is 20.2 Å². The smallest absolute Gasteiger partial charge is 0.325 e. The highest BCUT2D eigenvalue weighted by atomic mass is 35.6. The first-order valence-electron chi connectivity index (χ1n) is 11.8. The fourth-order valence-corrected chi connectivity index (χ4v) is 3.95. The number of ether oxygens (including phenoxy) is 1. The first-order chi connectivity index (χ1) is 16.3. The summed E-state index contributed by atoms with van der Waals surface area (Å²) in [5.74, 6) is -1.77. The number of hydrazine groups is 1. The Bertz CT molecular complexity index is 760. The van der Waals surface area contributed by atoms with Crippen LogP contribution in [-0.4, -0.2) is 75.7 Å². The average Bonchev–Trinajstić information content (AvgIpc) is 2.78. The summed E-state index contributed by atoms with van der Waals surface area (Å²) >= 11 is 16.8. The third-order valence-electron chi connectivity index (χ3n) is 5.60. The molecule has 35 heavy (non-hydrogen) atoms. The van der Waals surface area contributed by atoms with Crippen LogP contribution in [0.3, 0.4) is 0 Å². The third-order valence-corrected chi connectivity index (χ3v) is 5.93. The van der Waals surface area contributed by atoms with Gasteiger partial charge in [0.1, 0.15) is 24.7 Å². The van der Waals surface area contributed by atoms with Crippen LogP contribution in [0.2, 0.25) is 0 Å². The number of nitrogens with one attached hydrogen (secondary N) is 2. The first kappa shape index (κ1) is 31.5. The Morgan fingerprint density at radius 2 is 1.89 bits per heavy atom. The fraction of sp³-hybridized carbons (Fsp3) is 0.739. The standard InChI is InChI=1S/C23H37Cl3N4O5/c1-6-7-8-9-12-18(31)29(5)19(15(2)3)20(32)27-16(4)21(33)30-13-10-11-17(28-30)22(34)35-14-23(24,25)26/h6,15-17,19,28H,1,7-14H2,2-5H3,(H,27,32). The number of carbonyl (C=O) groups excluding carboxylic acids is 4. The lowest BCUT2D eigenvalue weighted by atomic mass is 10.0. The quantitative estimate of drug-likeness (QED) is 0.166. The lowest BCUT2D eigenvalue weighted by Gasteiger charge is -2.35. The van der Waals surface area contributed by atoms with E-state index in [1.54, 1.807) is 14.0 Å². The van der Waals surface area contributed by atoms with Crippen molar-refractivity contribution in [2.45, 2.75) is 81.2 Å². The van der Waals surface area contributed by atoms with Gasteiger partial charge in [-0.25, -0.2) is 5.43 Å². The molecule has 3 atom stereocenters. The summed E-state index contributed by atoms with van der Waals surface area (Å²) in [6.07, 6.45) is 5.53. The molecular formula is C23H37Cl3N4O5. The van der Waals surface area contributed by atoms with Crippen molar-refractivity contribution in [1.29, 1.82) is 0 Å². The van der Waals surface area contributed by atoms with Gasteiger partial charge in [0.05, 0.1) is 0 Å². The number of nitrogens with zero attached hydrogens (tertiary/aromatic N) is 2. The van der Waals surface area contributed by atoms with E-state index in [1.807, 2.05) is 19.9 Å². The molecule has 1 aliphatic heterocycles. The predicted molar refractivity (Wildman–Crippen MR) is 137 cm³/mol. The minimum absolute atomic E-state index is 0.129. The van der Waals surface area contributed by atoms with E-state index in [-0.39, 0.29) is 11.8 Å². The van der Waals surface area contributed by atoms with Crippen LogP contribution in [0.25, 0.3) is 0 Å². The highest BCUT2D eigenvalue weighted by Gasteiger charge is 2.35. The van der Waals surface area contributed by atoms with Crippen LogP contribution in [0.1, 0.15) is 59.3 Å². The van der Waals surface area contributed by atoms with Crippen molar-refractivity contribution in [3.8, 4) is 0 Å². The van der Waals surface area contributed by atoms with Gasteiger partial charge in [0.2, 0.25) is 15.6 Å². The van der Waals surface area contributed by atoms with E-state index in [1.165, 1.54) is 9.91 Å². The van der Waals surface area contributed by atoms with Crippen molar-refractivity contribution in [3.63, 3.8) is 0 Å². The number of halogens is 3. The second-order valence-corrected chi connectivity index (χ2v) is 11.5. The number of amides is 3. The maximum Gasteiger partial charge on any atom is 0.325 e. The predicted octanol–water partition coefficient (Wildman–Crippen LogP) is 3.13. The summed E-state index contributed by atoms with van der Waals surface area (Å²) in [6, 6.07) is -2.39. The van der Waals surface area contributed by atoms with Crippen molar-refractivity contribution >= 4 is 58.5 Å². The largest absolute Gasteiger partial charge is 0.460 e. The van der Waals surface area contributed by atoms with E-state index in [2.05, 4.69) is 17.3 Å². The number of hydrogen-bond donors (Lipinski definition) is 2. The molecule has 200 valence electrons. The molecule has 3 unspecified atom stereocenters. The molecule has 1 saturated heterocycles. The summed E-state index contributed by atoms with van der Waals surface area (Å²) in [7, 11) is 1.60. The van der Waals surface area contributed by atoms with E-state index >= 15 is 0 Å². The summed E-state index contributed by atoms with van der Waals surface area (Å²) in [5, 5.41) is 4.00. The van der Waals surface area contributed by atoms with Gasteiger partial charge in [0.25, 0.3) is 5.91 Å². The van der Waals surface area contributed by atoms with Gasteiger partial charge < -0.3 is 15.0 Å². The lowest BCUT2D eigenvalue weighted by Crippen LogP contribution is -2.61. The number of allylic oxidation sites excluding steroid dienone is 1. The van der Waals surface area contributed by atoms with Crippen LogP contribution in [0.15, 0.2) is 12.7 Å². The van der Waals surface area contributed by atoms with E-state index in [0.717, 1.165) is 12.8 Å². The number of likely N-dealkylation sites (N-methyl/N-ethyl adjacent to an activating group) is 1. The first-order valence-corrected chi connectivity index (χ1v) is 12.9. The van der Waals surface area contributed by atoms with Gasteiger partial charge in [0, 0.05) is 20.0 Å². The normalized spacial score (nSPS) is 17.9. The van der Waals surface area contributed by atoms with Crippen molar-refractivity contribution in [1.82, 2.24) is 20.7 Å². The van der Waals surface area contributed by atoms with Crippen LogP contribution in [0.4, 0.5) is 0 Å². The number of rotatable bonds is 12. The van der Waals surface area contributed by atoms with Crippen LogP contribution in [0, 0.1) is 5.92 Å². The van der Waals surface area contributed by atoms with Crippen molar-refractivity contribution in [3.05, 3.63) is 12.7 Å². The number of carbonyl (C=O) groups is 4. The van der Waals surface area contributed by atoms with Crippen molar-refractivity contribution in [2.24, 2.45) is 5.92 Å². The van der Waals surface area contributed by atoms with Gasteiger partial charge in [-0.05, 0) is 44.9 Å². The minimum Gasteiger partial charge on any atom is -0.460 e. The molecule has 0 spiro atoms. The average molecular weight is 556 g/mol. The molecule has 2 N–H and O–H groups in total. The van der Waals surface area contributed by atoms with E-state index in [0.29, 0.717) is 32.2 Å². The SMILES string of the molecule is C=CCCCCC(=O)N(C)C(C(=O)NC(C)C(=O)N1CCCC(C(=O)OCC(Cl)(Cl)Cl)N1)C(C)C. The molecule has 0 aromatic carbocycles. The fourth-order valence-electron chi connectivity index (χ4n) is 3.79. The molecule has 0 aromatic heterocycles. The van der Waals surface area contributed by atoms with Crippen LogP contribution in [-0.2, 0) is 23.9 Å². The topological polar surface area (TPSA) is 108 Å². The second kappa shape index (κ2) is 14.9. The Balaban J connectivity index is 2.71. The Morgan fingerprint density at radius 3 is 2.46 bits per heavy atom. The zero-order valence-corrected chi connectivity index (χ0v) is 23.1.